The highest BCUT2D eigenvalue weighted by atomic mass is 32.1. The van der Waals surface area contributed by atoms with Crippen LogP contribution in [0.3, 0.4) is 0 Å². The molecule has 0 amide bonds. The van der Waals surface area contributed by atoms with Gasteiger partial charge in [0.05, 0.1) is 6.61 Å². The lowest BCUT2D eigenvalue weighted by atomic mass is 10.2. The molecule has 74 valence electrons. The molecule has 0 heterocycles. The van der Waals surface area contributed by atoms with E-state index in [4.69, 9.17) is 4.74 Å². The number of rotatable bonds is 7. The Morgan fingerprint density at radius 3 is 2.67 bits per heavy atom. The average molecular weight is 191 g/mol. The number of nitrogens with zero attached hydrogens (tertiary/aromatic N) is 1. The maximum Gasteiger partial charge on any atom is 0.0593 e. The van der Waals surface area contributed by atoms with Crippen molar-refractivity contribution in [3.8, 4) is 0 Å². The standard InChI is InChI=1S/C9H21NOS/c1-4-11-6-5-10(3)7-9(2)8-12/h9,12H,4-8H2,1-3H3. The van der Waals surface area contributed by atoms with E-state index in [9.17, 15) is 0 Å². The molecule has 0 bridgehead atoms. The second-order valence-corrected chi connectivity index (χ2v) is 3.61. The van der Waals surface area contributed by atoms with Crippen LogP contribution in [-0.4, -0.2) is 44.0 Å². The summed E-state index contributed by atoms with van der Waals surface area (Å²) in [5, 5.41) is 0. The summed E-state index contributed by atoms with van der Waals surface area (Å²) in [4.78, 5) is 2.29. The summed E-state index contributed by atoms with van der Waals surface area (Å²) < 4.78 is 5.26. The van der Waals surface area contributed by atoms with Crippen LogP contribution >= 0.6 is 12.6 Å². The highest BCUT2D eigenvalue weighted by Crippen LogP contribution is 1.99. The van der Waals surface area contributed by atoms with Gasteiger partial charge in [-0.2, -0.15) is 12.6 Å². The molecule has 1 atom stereocenters. The van der Waals surface area contributed by atoms with Gasteiger partial charge in [-0.25, -0.2) is 0 Å². The third-order valence-corrected chi connectivity index (χ3v) is 2.38. The zero-order chi connectivity index (χ0) is 9.40. The van der Waals surface area contributed by atoms with Crippen LogP contribution in [0.1, 0.15) is 13.8 Å². The highest BCUT2D eigenvalue weighted by Gasteiger charge is 2.03. The molecule has 0 fully saturated rings. The van der Waals surface area contributed by atoms with Gasteiger partial charge in [0.1, 0.15) is 0 Å². The smallest absolute Gasteiger partial charge is 0.0593 e. The van der Waals surface area contributed by atoms with Crippen molar-refractivity contribution in [2.24, 2.45) is 5.92 Å². The van der Waals surface area contributed by atoms with Gasteiger partial charge in [-0.15, -0.1) is 0 Å². The molecule has 0 rings (SSSR count). The van der Waals surface area contributed by atoms with Gasteiger partial charge in [-0.3, -0.25) is 0 Å². The van der Waals surface area contributed by atoms with Crippen LogP contribution in [0, 0.1) is 5.92 Å². The minimum atomic E-state index is 0.667. The summed E-state index contributed by atoms with van der Waals surface area (Å²) in [6, 6.07) is 0. The minimum absolute atomic E-state index is 0.667. The third kappa shape index (κ3) is 6.95. The highest BCUT2D eigenvalue weighted by molar-refractivity contribution is 7.80. The quantitative estimate of drug-likeness (QED) is 0.484. The van der Waals surface area contributed by atoms with E-state index in [1.165, 1.54) is 0 Å². The SMILES string of the molecule is CCOCCN(C)CC(C)CS. The summed E-state index contributed by atoms with van der Waals surface area (Å²) >= 11 is 4.24. The van der Waals surface area contributed by atoms with Crippen LogP contribution in [0.4, 0.5) is 0 Å². The Morgan fingerprint density at radius 1 is 1.50 bits per heavy atom. The van der Waals surface area contributed by atoms with Crippen molar-refractivity contribution in [3.63, 3.8) is 0 Å². The van der Waals surface area contributed by atoms with Gasteiger partial charge in [0.15, 0.2) is 0 Å². The summed E-state index contributed by atoms with van der Waals surface area (Å²) in [6.07, 6.45) is 0. The van der Waals surface area contributed by atoms with Gasteiger partial charge in [-0.05, 0) is 25.6 Å². The Morgan fingerprint density at radius 2 is 2.17 bits per heavy atom. The van der Waals surface area contributed by atoms with Crippen molar-refractivity contribution in [2.75, 3.05) is 39.1 Å². The minimum Gasteiger partial charge on any atom is -0.380 e. The van der Waals surface area contributed by atoms with Gasteiger partial charge in [0.2, 0.25) is 0 Å². The van der Waals surface area contributed by atoms with Crippen molar-refractivity contribution < 1.29 is 4.74 Å². The van der Waals surface area contributed by atoms with Gasteiger partial charge in [0.25, 0.3) is 0 Å². The topological polar surface area (TPSA) is 12.5 Å². The molecule has 0 aliphatic heterocycles. The molecule has 0 spiro atoms. The van der Waals surface area contributed by atoms with E-state index in [-0.39, 0.29) is 0 Å². The van der Waals surface area contributed by atoms with Crippen molar-refractivity contribution in [3.05, 3.63) is 0 Å². The maximum atomic E-state index is 5.26. The van der Waals surface area contributed by atoms with E-state index in [2.05, 4.69) is 31.5 Å². The lowest BCUT2D eigenvalue weighted by Crippen LogP contribution is -2.28. The molecular weight excluding hydrogens is 170 g/mol. The van der Waals surface area contributed by atoms with Gasteiger partial charge < -0.3 is 9.64 Å². The van der Waals surface area contributed by atoms with Crippen molar-refractivity contribution >= 4 is 12.6 Å². The molecule has 0 saturated heterocycles. The van der Waals surface area contributed by atoms with E-state index < -0.39 is 0 Å². The van der Waals surface area contributed by atoms with Crippen molar-refractivity contribution in [2.45, 2.75) is 13.8 Å². The number of hydrogen-bond acceptors (Lipinski definition) is 3. The van der Waals surface area contributed by atoms with Crippen molar-refractivity contribution in [1.29, 1.82) is 0 Å². The predicted molar refractivity (Wildman–Crippen MR) is 57.0 cm³/mol. The van der Waals surface area contributed by atoms with Crippen molar-refractivity contribution in [1.82, 2.24) is 4.90 Å². The Kier molecular flexibility index (Phi) is 8.07. The Hall–Kier alpha value is 0.270. The fraction of sp³-hybridized carbons (Fsp3) is 1.00. The molecule has 1 unspecified atom stereocenters. The first-order valence-electron chi connectivity index (χ1n) is 4.57. The molecule has 0 radical (unpaired) electrons. The fourth-order valence-electron chi connectivity index (χ4n) is 1.05. The van der Waals surface area contributed by atoms with Crippen LogP contribution in [0.5, 0.6) is 0 Å². The largest absolute Gasteiger partial charge is 0.380 e. The number of likely N-dealkylation sites (N-methyl/N-ethyl adjacent to an activating group) is 1. The van der Waals surface area contributed by atoms with E-state index >= 15 is 0 Å². The number of hydrogen-bond donors (Lipinski definition) is 1. The van der Waals surface area contributed by atoms with Gasteiger partial charge in [-0.1, -0.05) is 6.92 Å². The van der Waals surface area contributed by atoms with E-state index in [1.807, 2.05) is 6.92 Å². The molecular formula is C9H21NOS. The monoisotopic (exact) mass is 191 g/mol. The van der Waals surface area contributed by atoms with Crippen LogP contribution in [0.2, 0.25) is 0 Å². The Balaban J connectivity index is 3.26. The second-order valence-electron chi connectivity index (χ2n) is 3.25. The first-order valence-corrected chi connectivity index (χ1v) is 5.21. The van der Waals surface area contributed by atoms with E-state index in [1.54, 1.807) is 0 Å². The van der Waals surface area contributed by atoms with Crippen LogP contribution in [0.25, 0.3) is 0 Å². The molecule has 0 aromatic carbocycles. The zero-order valence-corrected chi connectivity index (χ0v) is 9.31. The summed E-state index contributed by atoms with van der Waals surface area (Å²) in [5.74, 6) is 1.62. The maximum absolute atomic E-state index is 5.26. The van der Waals surface area contributed by atoms with Crippen LogP contribution in [0.15, 0.2) is 0 Å². The molecule has 3 heteroatoms. The normalized spacial score (nSPS) is 13.8. The molecule has 0 aliphatic rings. The molecule has 0 aliphatic carbocycles. The lowest BCUT2D eigenvalue weighted by Gasteiger charge is -2.19. The van der Waals surface area contributed by atoms with E-state index in [0.717, 1.165) is 32.1 Å². The van der Waals surface area contributed by atoms with Gasteiger partial charge >= 0.3 is 0 Å². The number of ether oxygens (including phenoxy) is 1. The average Bonchev–Trinajstić information content (AvgIpc) is 2.05. The molecule has 0 aromatic rings. The fourth-order valence-corrected chi connectivity index (χ4v) is 1.16. The lowest BCUT2D eigenvalue weighted by molar-refractivity contribution is 0.119. The first-order chi connectivity index (χ1) is 5.70. The molecule has 0 N–H and O–H groups in total. The third-order valence-electron chi connectivity index (χ3n) is 1.76. The molecule has 0 saturated carbocycles. The number of thiol groups is 1. The Bertz CT molecular complexity index is 101. The predicted octanol–water partition coefficient (Wildman–Crippen LogP) is 1.52. The summed E-state index contributed by atoms with van der Waals surface area (Å²) in [6.45, 7) is 8.02. The van der Waals surface area contributed by atoms with Crippen LogP contribution in [-0.2, 0) is 4.74 Å². The summed E-state index contributed by atoms with van der Waals surface area (Å²) in [5.41, 5.74) is 0. The Labute approximate surface area is 81.7 Å². The molecule has 0 aromatic heterocycles. The van der Waals surface area contributed by atoms with E-state index in [0.29, 0.717) is 5.92 Å². The second kappa shape index (κ2) is 7.90. The van der Waals surface area contributed by atoms with Crippen LogP contribution < -0.4 is 0 Å². The van der Waals surface area contributed by atoms with Gasteiger partial charge in [0, 0.05) is 19.7 Å². The summed E-state index contributed by atoms with van der Waals surface area (Å²) in [7, 11) is 2.12. The first kappa shape index (κ1) is 12.3. The molecule has 12 heavy (non-hydrogen) atoms. The zero-order valence-electron chi connectivity index (χ0n) is 8.42. The molecule has 2 nitrogen and oxygen atoms in total.